The molecule has 0 bridgehead atoms. The topological polar surface area (TPSA) is 102 Å². The SMILES string of the molecule is Cc1cc(C(C)N2Cc3c(ccnc3NC(=O)CC3CCOCC3)C2=O)cnc1-n1cc(C(F)(F)F)cn1. The number of hydrogen-bond acceptors (Lipinski definition) is 6. The molecular weight excluding hydrogens is 501 g/mol. The van der Waals surface area contributed by atoms with E-state index in [1.54, 1.807) is 24.0 Å². The Morgan fingerprint density at radius 3 is 2.68 bits per heavy atom. The van der Waals surface area contributed by atoms with Crippen molar-refractivity contribution in [1.82, 2.24) is 24.6 Å². The highest BCUT2D eigenvalue weighted by molar-refractivity contribution is 6.01. The predicted octanol–water partition coefficient (Wildman–Crippen LogP) is 4.46. The van der Waals surface area contributed by atoms with E-state index in [1.165, 1.54) is 12.4 Å². The molecule has 1 N–H and O–H groups in total. The van der Waals surface area contributed by atoms with Gasteiger partial charge in [-0.3, -0.25) is 9.59 Å². The molecule has 2 aliphatic heterocycles. The zero-order chi connectivity index (χ0) is 27.0. The van der Waals surface area contributed by atoms with Gasteiger partial charge in [-0.15, -0.1) is 0 Å². The number of nitrogens with one attached hydrogen (secondary N) is 1. The van der Waals surface area contributed by atoms with E-state index >= 15 is 0 Å². The lowest BCUT2D eigenvalue weighted by Crippen LogP contribution is -2.27. The molecule has 5 heterocycles. The average Bonchev–Trinajstić information content (AvgIpc) is 3.50. The third kappa shape index (κ3) is 5.13. The number of pyridine rings is 2. The number of anilines is 1. The van der Waals surface area contributed by atoms with Crippen molar-refractivity contribution < 1.29 is 27.5 Å². The van der Waals surface area contributed by atoms with Crippen LogP contribution in [0.15, 0.2) is 36.9 Å². The van der Waals surface area contributed by atoms with Crippen LogP contribution in [0, 0.1) is 12.8 Å². The van der Waals surface area contributed by atoms with Crippen LogP contribution in [0.4, 0.5) is 19.0 Å². The lowest BCUT2D eigenvalue weighted by atomic mass is 9.96. The largest absolute Gasteiger partial charge is 0.419 e. The maximum absolute atomic E-state index is 13.3. The summed E-state index contributed by atoms with van der Waals surface area (Å²) in [5.41, 5.74) is 1.60. The van der Waals surface area contributed by atoms with Gasteiger partial charge in [-0.05, 0) is 55.9 Å². The summed E-state index contributed by atoms with van der Waals surface area (Å²) in [5.74, 6) is 0.578. The first-order valence-corrected chi connectivity index (χ1v) is 12.4. The number of nitrogens with zero attached hydrogens (tertiary/aromatic N) is 5. The summed E-state index contributed by atoms with van der Waals surface area (Å²) in [6.07, 6.45) is 2.25. The molecule has 38 heavy (non-hydrogen) atoms. The zero-order valence-corrected chi connectivity index (χ0v) is 21.0. The van der Waals surface area contributed by atoms with Crippen LogP contribution in [0.3, 0.4) is 0 Å². The van der Waals surface area contributed by atoms with E-state index in [0.29, 0.717) is 47.7 Å². The summed E-state index contributed by atoms with van der Waals surface area (Å²) in [7, 11) is 0. The summed E-state index contributed by atoms with van der Waals surface area (Å²) in [6.45, 7) is 5.15. The van der Waals surface area contributed by atoms with Gasteiger partial charge in [-0.1, -0.05) is 0 Å². The molecule has 0 aliphatic carbocycles. The Bertz CT molecular complexity index is 1370. The second kappa shape index (κ2) is 10.2. The van der Waals surface area contributed by atoms with Crippen molar-refractivity contribution in [3.05, 3.63) is 64.7 Å². The van der Waals surface area contributed by atoms with Crippen LogP contribution in [0.1, 0.15) is 64.8 Å². The van der Waals surface area contributed by atoms with E-state index in [0.717, 1.165) is 29.9 Å². The van der Waals surface area contributed by atoms with Crippen molar-refractivity contribution in [2.24, 2.45) is 5.92 Å². The summed E-state index contributed by atoms with van der Waals surface area (Å²) in [5, 5.41) is 6.68. The molecule has 1 atom stereocenters. The van der Waals surface area contributed by atoms with E-state index in [4.69, 9.17) is 4.74 Å². The number of amides is 2. The van der Waals surface area contributed by atoms with Crippen molar-refractivity contribution in [2.45, 2.75) is 51.9 Å². The first-order valence-electron chi connectivity index (χ1n) is 12.4. The van der Waals surface area contributed by atoms with Crippen molar-refractivity contribution in [2.75, 3.05) is 18.5 Å². The summed E-state index contributed by atoms with van der Waals surface area (Å²) >= 11 is 0. The van der Waals surface area contributed by atoms with Crippen LogP contribution >= 0.6 is 0 Å². The Balaban J connectivity index is 1.31. The van der Waals surface area contributed by atoms with E-state index in [1.807, 2.05) is 6.92 Å². The summed E-state index contributed by atoms with van der Waals surface area (Å²) in [4.78, 5) is 36.3. The summed E-state index contributed by atoms with van der Waals surface area (Å²) in [6, 6.07) is 3.04. The Labute approximate surface area is 217 Å². The van der Waals surface area contributed by atoms with Crippen LogP contribution in [0.2, 0.25) is 0 Å². The van der Waals surface area contributed by atoms with Crippen molar-refractivity contribution >= 4 is 17.6 Å². The van der Waals surface area contributed by atoms with Gasteiger partial charge in [0.2, 0.25) is 5.91 Å². The maximum Gasteiger partial charge on any atom is 0.419 e. The van der Waals surface area contributed by atoms with Gasteiger partial charge in [0.1, 0.15) is 5.82 Å². The van der Waals surface area contributed by atoms with Crippen LogP contribution in [0.5, 0.6) is 0 Å². The Hall–Kier alpha value is -3.80. The summed E-state index contributed by atoms with van der Waals surface area (Å²) < 4.78 is 45.4. The molecule has 0 saturated carbocycles. The van der Waals surface area contributed by atoms with E-state index in [-0.39, 0.29) is 36.1 Å². The molecule has 1 saturated heterocycles. The quantitative estimate of drug-likeness (QED) is 0.507. The molecule has 3 aromatic heterocycles. The normalized spacial score (nSPS) is 17.0. The van der Waals surface area contributed by atoms with Crippen molar-refractivity contribution in [1.29, 1.82) is 0 Å². The molecular formula is C26H27F3N6O3. The zero-order valence-electron chi connectivity index (χ0n) is 21.0. The molecule has 5 rings (SSSR count). The van der Waals surface area contributed by atoms with E-state index in [9.17, 15) is 22.8 Å². The van der Waals surface area contributed by atoms with E-state index < -0.39 is 11.7 Å². The van der Waals surface area contributed by atoms with Crippen LogP contribution in [-0.4, -0.2) is 49.7 Å². The minimum Gasteiger partial charge on any atom is -0.381 e. The van der Waals surface area contributed by atoms with Crippen LogP contribution in [0.25, 0.3) is 5.82 Å². The number of rotatable bonds is 6. The third-order valence-corrected chi connectivity index (χ3v) is 7.10. The Kier molecular flexibility index (Phi) is 6.91. The number of halogens is 3. The molecule has 0 spiro atoms. The fraction of sp³-hybridized carbons (Fsp3) is 0.423. The van der Waals surface area contributed by atoms with Gasteiger partial charge in [0, 0.05) is 49.4 Å². The molecule has 1 unspecified atom stereocenters. The van der Waals surface area contributed by atoms with E-state index in [2.05, 4.69) is 20.4 Å². The minimum absolute atomic E-state index is 0.139. The van der Waals surface area contributed by atoms with Gasteiger partial charge in [0.05, 0.1) is 24.3 Å². The van der Waals surface area contributed by atoms with Gasteiger partial charge in [0.15, 0.2) is 5.82 Å². The lowest BCUT2D eigenvalue weighted by molar-refractivity contribution is -0.137. The van der Waals surface area contributed by atoms with Crippen LogP contribution in [-0.2, 0) is 22.3 Å². The third-order valence-electron chi connectivity index (χ3n) is 7.10. The highest BCUT2D eigenvalue weighted by atomic mass is 19.4. The molecule has 9 nitrogen and oxygen atoms in total. The number of aryl methyl sites for hydroxylation is 1. The highest BCUT2D eigenvalue weighted by Gasteiger charge is 2.35. The molecule has 0 radical (unpaired) electrons. The maximum atomic E-state index is 13.3. The molecule has 0 aromatic carbocycles. The number of fused-ring (bicyclic) bond motifs is 1. The average molecular weight is 529 g/mol. The fourth-order valence-corrected chi connectivity index (χ4v) is 4.89. The smallest absolute Gasteiger partial charge is 0.381 e. The van der Waals surface area contributed by atoms with Crippen molar-refractivity contribution in [3.63, 3.8) is 0 Å². The Morgan fingerprint density at radius 2 is 2.00 bits per heavy atom. The minimum atomic E-state index is -4.50. The van der Waals surface area contributed by atoms with Gasteiger partial charge in [-0.2, -0.15) is 18.3 Å². The van der Waals surface area contributed by atoms with Gasteiger partial charge >= 0.3 is 6.18 Å². The number of hydrogen-bond donors (Lipinski definition) is 1. The molecule has 1 fully saturated rings. The molecule has 2 amide bonds. The standard InChI is InChI=1S/C26H27F3N6O3/c1-15-9-18(11-31-24(15)35-13-19(12-32-35)26(27,28)29)16(2)34-14-21-20(25(34)37)3-6-30-23(21)33-22(36)10-17-4-7-38-8-5-17/h3,6,9,11-13,16-17H,4-5,7-8,10,14H2,1-2H3,(H,30,33,36). The fourth-order valence-electron chi connectivity index (χ4n) is 4.89. The first kappa shape index (κ1) is 25.8. The molecule has 3 aromatic rings. The number of carbonyl (C=O) groups is 2. The monoisotopic (exact) mass is 528 g/mol. The number of alkyl halides is 3. The second-order valence-corrected chi connectivity index (χ2v) is 9.68. The number of ether oxygens (including phenoxy) is 1. The van der Waals surface area contributed by atoms with Crippen LogP contribution < -0.4 is 5.32 Å². The number of carbonyl (C=O) groups excluding carboxylic acids is 2. The predicted molar refractivity (Wildman–Crippen MR) is 130 cm³/mol. The second-order valence-electron chi connectivity index (χ2n) is 9.68. The van der Waals surface area contributed by atoms with Crippen molar-refractivity contribution in [3.8, 4) is 5.82 Å². The molecule has 200 valence electrons. The van der Waals surface area contributed by atoms with Gasteiger partial charge in [-0.25, -0.2) is 14.6 Å². The molecule has 2 aliphatic rings. The Morgan fingerprint density at radius 1 is 1.24 bits per heavy atom. The van der Waals surface area contributed by atoms with Gasteiger partial charge in [0.25, 0.3) is 5.91 Å². The first-order chi connectivity index (χ1) is 18.1. The number of aromatic nitrogens is 4. The lowest BCUT2D eigenvalue weighted by Gasteiger charge is -2.25. The molecule has 12 heteroatoms. The van der Waals surface area contributed by atoms with Gasteiger partial charge < -0.3 is 15.0 Å². The highest BCUT2D eigenvalue weighted by Crippen LogP contribution is 2.35.